The van der Waals surface area contributed by atoms with Gasteiger partial charge in [-0.2, -0.15) is 4.98 Å². The van der Waals surface area contributed by atoms with E-state index in [0.717, 1.165) is 12.1 Å². The second kappa shape index (κ2) is 3.98. The average molecular weight is 264 g/mol. The van der Waals surface area contributed by atoms with Crippen LogP contribution in [0.4, 0.5) is 19.1 Å². The molecule has 4 nitrogen and oxygen atoms in total. The molecule has 2 aromatic heterocycles. The lowest BCUT2D eigenvalue weighted by Crippen LogP contribution is -1.94. The van der Waals surface area contributed by atoms with Gasteiger partial charge >= 0.3 is 0 Å². The maximum Gasteiger partial charge on any atom is 0.240 e. The maximum atomic E-state index is 13.2. The number of benzene rings is 1. The molecule has 0 atom stereocenters. The number of nitrogens with zero attached hydrogens (tertiary/aromatic N) is 3. The van der Waals surface area contributed by atoms with Crippen LogP contribution < -0.4 is 5.73 Å². The van der Waals surface area contributed by atoms with E-state index in [0.29, 0.717) is 11.2 Å². The van der Waals surface area contributed by atoms with E-state index in [2.05, 4.69) is 10.1 Å². The van der Waals surface area contributed by atoms with Gasteiger partial charge in [0.2, 0.25) is 5.95 Å². The number of aromatic nitrogens is 3. The zero-order chi connectivity index (χ0) is 13.6. The SMILES string of the molecule is Nc1nc2c(-c3cc(F)c(F)c(F)c3)cccn2n1. The van der Waals surface area contributed by atoms with Gasteiger partial charge in [-0.05, 0) is 29.8 Å². The zero-order valence-electron chi connectivity index (χ0n) is 9.44. The van der Waals surface area contributed by atoms with Crippen molar-refractivity contribution in [1.29, 1.82) is 0 Å². The summed E-state index contributed by atoms with van der Waals surface area (Å²) in [6.07, 6.45) is 1.60. The van der Waals surface area contributed by atoms with Gasteiger partial charge in [-0.3, -0.25) is 0 Å². The summed E-state index contributed by atoms with van der Waals surface area (Å²) in [4.78, 5) is 3.96. The van der Waals surface area contributed by atoms with Crippen LogP contribution in [0.25, 0.3) is 16.8 Å². The number of halogens is 3. The first kappa shape index (κ1) is 11.5. The number of rotatable bonds is 1. The monoisotopic (exact) mass is 264 g/mol. The summed E-state index contributed by atoms with van der Waals surface area (Å²) in [5.41, 5.74) is 6.38. The number of fused-ring (bicyclic) bond motifs is 1. The van der Waals surface area contributed by atoms with E-state index in [-0.39, 0.29) is 11.5 Å². The Morgan fingerprint density at radius 2 is 1.79 bits per heavy atom. The Bertz CT molecular complexity index is 759. The molecule has 7 heteroatoms. The molecule has 0 radical (unpaired) electrons. The van der Waals surface area contributed by atoms with Crippen LogP contribution in [-0.2, 0) is 0 Å². The number of hydrogen-bond acceptors (Lipinski definition) is 3. The smallest absolute Gasteiger partial charge is 0.240 e. The first-order valence-corrected chi connectivity index (χ1v) is 5.32. The van der Waals surface area contributed by atoms with E-state index in [1.54, 1.807) is 18.3 Å². The molecule has 0 amide bonds. The molecule has 3 rings (SSSR count). The molecule has 0 aliphatic rings. The molecule has 19 heavy (non-hydrogen) atoms. The molecular formula is C12H7F3N4. The number of anilines is 1. The molecule has 0 saturated carbocycles. The van der Waals surface area contributed by atoms with Crippen LogP contribution in [-0.4, -0.2) is 14.6 Å². The van der Waals surface area contributed by atoms with E-state index in [9.17, 15) is 13.2 Å². The largest absolute Gasteiger partial charge is 0.366 e. The summed E-state index contributed by atoms with van der Waals surface area (Å²) in [5, 5.41) is 3.88. The predicted molar refractivity (Wildman–Crippen MR) is 62.7 cm³/mol. The molecule has 2 heterocycles. The lowest BCUT2D eigenvalue weighted by molar-refractivity contribution is 0.448. The van der Waals surface area contributed by atoms with Crippen LogP contribution >= 0.6 is 0 Å². The van der Waals surface area contributed by atoms with Gasteiger partial charge in [0.15, 0.2) is 23.1 Å². The van der Waals surface area contributed by atoms with Crippen LogP contribution in [0.5, 0.6) is 0 Å². The molecule has 0 unspecified atom stereocenters. The molecule has 2 N–H and O–H groups in total. The van der Waals surface area contributed by atoms with Crippen molar-refractivity contribution in [1.82, 2.24) is 14.6 Å². The van der Waals surface area contributed by atoms with Crippen molar-refractivity contribution in [2.75, 3.05) is 5.73 Å². The van der Waals surface area contributed by atoms with Gasteiger partial charge in [-0.1, -0.05) is 0 Å². The fourth-order valence-corrected chi connectivity index (χ4v) is 1.86. The highest BCUT2D eigenvalue weighted by Crippen LogP contribution is 2.26. The van der Waals surface area contributed by atoms with Gasteiger partial charge < -0.3 is 5.73 Å². The highest BCUT2D eigenvalue weighted by atomic mass is 19.2. The third kappa shape index (κ3) is 1.79. The minimum absolute atomic E-state index is 0.0375. The molecular weight excluding hydrogens is 257 g/mol. The first-order valence-electron chi connectivity index (χ1n) is 5.32. The van der Waals surface area contributed by atoms with Gasteiger partial charge in [-0.15, -0.1) is 5.10 Å². The van der Waals surface area contributed by atoms with Crippen molar-refractivity contribution in [3.63, 3.8) is 0 Å². The van der Waals surface area contributed by atoms with Crippen LogP contribution in [0.15, 0.2) is 30.5 Å². The summed E-state index contributed by atoms with van der Waals surface area (Å²) in [6.45, 7) is 0. The van der Waals surface area contributed by atoms with Crippen LogP contribution in [0, 0.1) is 17.5 Å². The number of nitrogens with two attached hydrogens (primary N) is 1. The molecule has 1 aromatic carbocycles. The van der Waals surface area contributed by atoms with Gasteiger partial charge in [0.05, 0.1) is 0 Å². The third-order valence-corrected chi connectivity index (χ3v) is 2.67. The molecule has 96 valence electrons. The summed E-state index contributed by atoms with van der Waals surface area (Å²) in [5.74, 6) is -3.99. The Kier molecular flexibility index (Phi) is 2.41. The van der Waals surface area contributed by atoms with E-state index >= 15 is 0 Å². The van der Waals surface area contributed by atoms with Crippen LogP contribution in [0.1, 0.15) is 0 Å². The molecule has 0 fully saturated rings. The number of hydrogen-bond donors (Lipinski definition) is 1. The summed E-state index contributed by atoms with van der Waals surface area (Å²) < 4.78 is 40.8. The van der Waals surface area contributed by atoms with Gasteiger partial charge in [0.25, 0.3) is 0 Å². The molecule has 0 saturated heterocycles. The van der Waals surface area contributed by atoms with Crippen molar-refractivity contribution in [3.8, 4) is 11.1 Å². The average Bonchev–Trinajstić information content (AvgIpc) is 2.75. The van der Waals surface area contributed by atoms with Gasteiger partial charge in [0.1, 0.15) is 0 Å². The Balaban J connectivity index is 2.30. The molecule has 3 aromatic rings. The highest BCUT2D eigenvalue weighted by molar-refractivity contribution is 5.77. The summed E-state index contributed by atoms with van der Waals surface area (Å²) >= 11 is 0. The minimum Gasteiger partial charge on any atom is -0.366 e. The third-order valence-electron chi connectivity index (χ3n) is 2.67. The first-order chi connectivity index (χ1) is 9.06. The second-order valence-corrected chi connectivity index (χ2v) is 3.91. The summed E-state index contributed by atoms with van der Waals surface area (Å²) in [7, 11) is 0. The van der Waals surface area contributed by atoms with E-state index in [4.69, 9.17) is 5.73 Å². The van der Waals surface area contributed by atoms with Gasteiger partial charge in [-0.25, -0.2) is 17.7 Å². The van der Waals surface area contributed by atoms with E-state index in [1.807, 2.05) is 0 Å². The maximum absolute atomic E-state index is 13.2. The van der Waals surface area contributed by atoms with Crippen molar-refractivity contribution in [3.05, 3.63) is 47.9 Å². The topological polar surface area (TPSA) is 56.2 Å². The molecule has 0 aliphatic carbocycles. The van der Waals surface area contributed by atoms with Crippen LogP contribution in [0.3, 0.4) is 0 Å². The summed E-state index contributed by atoms with van der Waals surface area (Å²) in [6, 6.07) is 5.02. The Hall–Kier alpha value is -2.57. The van der Waals surface area contributed by atoms with Crippen molar-refractivity contribution in [2.24, 2.45) is 0 Å². The zero-order valence-corrected chi connectivity index (χ0v) is 9.44. The molecule has 0 aliphatic heterocycles. The number of nitrogen functional groups attached to an aromatic ring is 1. The minimum atomic E-state index is -1.50. The predicted octanol–water partition coefficient (Wildman–Crippen LogP) is 2.40. The lowest BCUT2D eigenvalue weighted by Gasteiger charge is -2.04. The van der Waals surface area contributed by atoms with Crippen molar-refractivity contribution in [2.45, 2.75) is 0 Å². The fraction of sp³-hybridized carbons (Fsp3) is 0. The molecule has 0 spiro atoms. The lowest BCUT2D eigenvalue weighted by atomic mass is 10.1. The van der Waals surface area contributed by atoms with E-state index < -0.39 is 17.5 Å². The second-order valence-electron chi connectivity index (χ2n) is 3.91. The van der Waals surface area contributed by atoms with Crippen molar-refractivity contribution >= 4 is 11.6 Å². The molecule has 0 bridgehead atoms. The van der Waals surface area contributed by atoms with E-state index in [1.165, 1.54) is 4.52 Å². The van der Waals surface area contributed by atoms with Crippen molar-refractivity contribution < 1.29 is 13.2 Å². The normalized spacial score (nSPS) is 11.1. The van der Waals surface area contributed by atoms with Crippen LogP contribution in [0.2, 0.25) is 0 Å². The highest BCUT2D eigenvalue weighted by Gasteiger charge is 2.14. The Labute approximate surface area is 105 Å². The Morgan fingerprint density at radius 3 is 2.47 bits per heavy atom. The number of pyridine rings is 1. The quantitative estimate of drug-likeness (QED) is 0.686. The van der Waals surface area contributed by atoms with Gasteiger partial charge in [0, 0.05) is 11.8 Å². The Morgan fingerprint density at radius 1 is 1.11 bits per heavy atom. The standard InChI is InChI=1S/C12H7F3N4/c13-8-4-6(5-9(14)10(8)15)7-2-1-3-19-11(7)17-12(16)18-19/h1-5H,(H2,16,18). The fourth-order valence-electron chi connectivity index (χ4n) is 1.86.